The number of rotatable bonds is 7. The predicted molar refractivity (Wildman–Crippen MR) is 165 cm³/mol. The third-order valence-corrected chi connectivity index (χ3v) is 6.84. The zero-order valence-electron chi connectivity index (χ0n) is 24.4. The molecule has 0 aliphatic carbocycles. The average Bonchev–Trinajstić information content (AvgIpc) is 3.67. The molecule has 4 heterocycles. The van der Waals surface area contributed by atoms with Crippen molar-refractivity contribution in [2.75, 3.05) is 24.2 Å². The summed E-state index contributed by atoms with van der Waals surface area (Å²) in [7, 11) is 0. The highest BCUT2D eigenvalue weighted by molar-refractivity contribution is 6.04. The van der Waals surface area contributed by atoms with E-state index in [2.05, 4.69) is 15.3 Å². The Morgan fingerprint density at radius 3 is 2.57 bits per heavy atom. The van der Waals surface area contributed by atoms with E-state index in [1.54, 1.807) is 53.8 Å². The molecule has 5 rings (SSSR count). The van der Waals surface area contributed by atoms with E-state index in [1.807, 2.05) is 62.5 Å². The lowest BCUT2D eigenvalue weighted by atomic mass is 10.1. The highest BCUT2D eigenvalue weighted by Crippen LogP contribution is 2.36. The number of aromatic nitrogens is 4. The van der Waals surface area contributed by atoms with Crippen LogP contribution in [0, 0.1) is 0 Å². The largest absolute Gasteiger partial charge is 0.445 e. The summed E-state index contributed by atoms with van der Waals surface area (Å²) in [6.45, 7) is 8.61. The van der Waals surface area contributed by atoms with Crippen LogP contribution in [0.15, 0.2) is 84.9 Å². The van der Waals surface area contributed by atoms with Crippen molar-refractivity contribution in [3.8, 4) is 11.3 Å². The smallest absolute Gasteiger partial charge is 0.410 e. The van der Waals surface area contributed by atoms with Gasteiger partial charge in [-0.1, -0.05) is 50.3 Å². The van der Waals surface area contributed by atoms with Crippen molar-refractivity contribution in [3.05, 3.63) is 96.2 Å². The summed E-state index contributed by atoms with van der Waals surface area (Å²) in [6.07, 6.45) is 12.0. The maximum absolute atomic E-state index is 13.1. The van der Waals surface area contributed by atoms with Crippen molar-refractivity contribution >= 4 is 29.2 Å². The van der Waals surface area contributed by atoms with Crippen LogP contribution in [0.3, 0.4) is 0 Å². The van der Waals surface area contributed by atoms with Crippen LogP contribution in [0.5, 0.6) is 0 Å². The Labute approximate surface area is 246 Å². The normalized spacial score (nSPS) is 15.0. The number of anilines is 2. The van der Waals surface area contributed by atoms with E-state index >= 15 is 0 Å². The van der Waals surface area contributed by atoms with Gasteiger partial charge < -0.3 is 15.8 Å². The van der Waals surface area contributed by atoms with Crippen molar-refractivity contribution < 1.29 is 14.3 Å². The number of carbonyl (C=O) groups excluding carboxylic acids is 2. The minimum atomic E-state index is -0.380. The number of hydrogen-bond donors (Lipinski definition) is 2. The summed E-state index contributed by atoms with van der Waals surface area (Å²) in [5.41, 5.74) is 9.78. The fourth-order valence-corrected chi connectivity index (χ4v) is 4.85. The van der Waals surface area contributed by atoms with Crippen LogP contribution in [0.1, 0.15) is 62.8 Å². The molecule has 1 saturated heterocycles. The molecule has 10 nitrogen and oxygen atoms in total. The van der Waals surface area contributed by atoms with Gasteiger partial charge in [-0.15, -0.1) is 0 Å². The fourth-order valence-electron chi connectivity index (χ4n) is 4.85. The molecule has 10 heteroatoms. The molecule has 1 aliphatic rings. The van der Waals surface area contributed by atoms with Gasteiger partial charge in [0, 0.05) is 36.3 Å². The lowest BCUT2D eigenvalue weighted by molar-refractivity contribution is 0.102. The molecule has 2 amide bonds. The Morgan fingerprint density at radius 2 is 1.88 bits per heavy atom. The summed E-state index contributed by atoms with van der Waals surface area (Å²) in [5, 5.41) is 2.78. The second kappa shape index (κ2) is 14.1. The number of fused-ring (bicyclic) bond motifs is 1. The van der Waals surface area contributed by atoms with Gasteiger partial charge in [-0.3, -0.25) is 14.1 Å². The predicted octanol–water partition coefficient (Wildman–Crippen LogP) is 6.45. The number of allylic oxidation sites excluding steroid dienone is 2. The SMILES string of the molecule is C/C=C\C(=C/C)COC(=O)N1CCCC1c1nc(-c2ccc(C(=O)Nc3ccccn3)cc2)c2c(N)nccn12.CC. The molecule has 1 aromatic carbocycles. The van der Waals surface area contributed by atoms with Gasteiger partial charge >= 0.3 is 6.09 Å². The molecule has 1 aliphatic heterocycles. The van der Waals surface area contributed by atoms with Crippen LogP contribution >= 0.6 is 0 Å². The van der Waals surface area contributed by atoms with Crippen LogP contribution in [0.25, 0.3) is 16.8 Å². The molecule has 3 N–H and O–H groups in total. The lowest BCUT2D eigenvalue weighted by Crippen LogP contribution is -2.32. The number of nitrogens with one attached hydrogen (secondary N) is 1. The molecule has 218 valence electrons. The highest BCUT2D eigenvalue weighted by atomic mass is 16.6. The number of amides is 2. The zero-order chi connectivity index (χ0) is 30.1. The van der Waals surface area contributed by atoms with Crippen LogP contribution in [0.4, 0.5) is 16.4 Å². The molecule has 0 radical (unpaired) electrons. The first-order chi connectivity index (χ1) is 20.5. The van der Waals surface area contributed by atoms with Crippen molar-refractivity contribution in [1.29, 1.82) is 0 Å². The Balaban J connectivity index is 0.00000198. The highest BCUT2D eigenvalue weighted by Gasteiger charge is 2.35. The number of hydrogen-bond acceptors (Lipinski definition) is 7. The Bertz CT molecular complexity index is 1580. The van der Waals surface area contributed by atoms with Gasteiger partial charge in [-0.2, -0.15) is 0 Å². The van der Waals surface area contributed by atoms with Crippen molar-refractivity contribution in [1.82, 2.24) is 24.3 Å². The minimum absolute atomic E-state index is 0.202. The number of carbonyl (C=O) groups is 2. The third-order valence-electron chi connectivity index (χ3n) is 6.84. The molecule has 3 aromatic heterocycles. The molecule has 1 unspecified atom stereocenters. The Kier molecular flexibility index (Phi) is 10.0. The van der Waals surface area contributed by atoms with Crippen LogP contribution in [0.2, 0.25) is 0 Å². The fraction of sp³-hybridized carbons (Fsp3) is 0.281. The van der Waals surface area contributed by atoms with Gasteiger partial charge in [0.1, 0.15) is 35.3 Å². The molecule has 42 heavy (non-hydrogen) atoms. The van der Waals surface area contributed by atoms with Crippen molar-refractivity contribution in [3.63, 3.8) is 0 Å². The minimum Gasteiger partial charge on any atom is -0.445 e. The van der Waals surface area contributed by atoms with Crippen molar-refractivity contribution in [2.45, 2.75) is 46.6 Å². The molecule has 0 saturated carbocycles. The molecule has 4 aromatic rings. The van der Waals surface area contributed by atoms with E-state index in [1.165, 1.54) is 0 Å². The molecular formula is C32H37N7O3. The quantitative estimate of drug-likeness (QED) is 0.246. The van der Waals surface area contributed by atoms with Gasteiger partial charge in [0.25, 0.3) is 5.91 Å². The number of nitrogens with zero attached hydrogens (tertiary/aromatic N) is 5. The van der Waals surface area contributed by atoms with E-state index in [0.717, 1.165) is 24.0 Å². The third kappa shape index (κ3) is 6.49. The second-order valence-corrected chi connectivity index (χ2v) is 9.37. The van der Waals surface area contributed by atoms with Crippen LogP contribution < -0.4 is 11.1 Å². The van der Waals surface area contributed by atoms with Gasteiger partial charge in [0.05, 0.1) is 6.04 Å². The topological polar surface area (TPSA) is 128 Å². The number of nitrogen functional groups attached to an aromatic ring is 1. The lowest BCUT2D eigenvalue weighted by Gasteiger charge is -2.23. The van der Waals surface area contributed by atoms with E-state index in [9.17, 15) is 9.59 Å². The number of ether oxygens (including phenoxy) is 1. The first kappa shape index (κ1) is 30.0. The number of pyridine rings is 1. The first-order valence-electron chi connectivity index (χ1n) is 14.2. The summed E-state index contributed by atoms with van der Waals surface area (Å²) < 4.78 is 7.54. The maximum Gasteiger partial charge on any atom is 0.410 e. The van der Waals surface area contributed by atoms with Crippen molar-refractivity contribution in [2.24, 2.45) is 0 Å². The monoisotopic (exact) mass is 567 g/mol. The number of likely N-dealkylation sites (tertiary alicyclic amines) is 1. The second-order valence-electron chi connectivity index (χ2n) is 9.37. The van der Waals surface area contributed by atoms with Gasteiger partial charge in [0.15, 0.2) is 0 Å². The van der Waals surface area contributed by atoms with Crippen LogP contribution in [-0.4, -0.2) is 49.4 Å². The first-order valence-corrected chi connectivity index (χ1v) is 14.2. The van der Waals surface area contributed by atoms with E-state index in [0.29, 0.717) is 40.8 Å². The van der Waals surface area contributed by atoms with E-state index < -0.39 is 0 Å². The number of imidazole rings is 1. The maximum atomic E-state index is 13.1. The Morgan fingerprint density at radius 1 is 1.10 bits per heavy atom. The summed E-state index contributed by atoms with van der Waals surface area (Å²) >= 11 is 0. The molecule has 1 fully saturated rings. The molecule has 0 spiro atoms. The van der Waals surface area contributed by atoms with Crippen LogP contribution in [-0.2, 0) is 4.74 Å². The van der Waals surface area contributed by atoms with Gasteiger partial charge in [0.2, 0.25) is 0 Å². The van der Waals surface area contributed by atoms with E-state index in [-0.39, 0.29) is 24.6 Å². The standard InChI is InChI=1S/C30H31N7O3.C2H6/c1-3-8-20(4-2)19-40-30(39)36-17-7-9-23(36)28-35-25(26-27(31)33-16-18-37(26)28)21-11-13-22(14-12-21)29(38)34-24-10-5-6-15-32-24;1-2/h3-6,8,10-16,18,23H,7,9,17,19H2,1-2H3,(H2,31,33)(H,32,34,38);1-2H3/b8-3-,20-4+;. The average molecular weight is 568 g/mol. The number of benzene rings is 1. The van der Waals surface area contributed by atoms with Gasteiger partial charge in [-0.05, 0) is 56.5 Å². The molecule has 1 atom stereocenters. The van der Waals surface area contributed by atoms with Gasteiger partial charge in [-0.25, -0.2) is 19.7 Å². The summed E-state index contributed by atoms with van der Waals surface area (Å²) in [4.78, 5) is 40.9. The zero-order valence-corrected chi connectivity index (χ0v) is 24.4. The van der Waals surface area contributed by atoms with E-state index in [4.69, 9.17) is 15.5 Å². The summed E-state index contributed by atoms with van der Waals surface area (Å²) in [6, 6.07) is 12.1. The number of nitrogens with two attached hydrogens (primary N) is 1. The molecular weight excluding hydrogens is 530 g/mol. The Hall–Kier alpha value is -4.99. The molecule has 0 bridgehead atoms. The summed E-state index contributed by atoms with van der Waals surface area (Å²) in [5.74, 6) is 1.22.